The molecule has 3 aromatic rings. The minimum Gasteiger partial charge on any atom is -0.358 e. The zero-order valence-corrected chi connectivity index (χ0v) is 6.24. The number of aromatic amines is 1. The van der Waals surface area contributed by atoms with Crippen LogP contribution in [0.1, 0.15) is 0 Å². The molecule has 2 heterocycles. The first-order valence-electron chi connectivity index (χ1n) is 3.75. The minimum absolute atomic E-state index is 0.831. The van der Waals surface area contributed by atoms with Gasteiger partial charge in [-0.05, 0) is 12.1 Å². The van der Waals surface area contributed by atoms with Crippen molar-refractivity contribution in [3.05, 3.63) is 30.6 Å². The maximum Gasteiger partial charge on any atom is 0.190 e. The third-order valence-electron chi connectivity index (χ3n) is 2.05. The summed E-state index contributed by atoms with van der Waals surface area (Å²) in [5.41, 5.74) is 1.85. The monoisotopic (exact) mass is 158 g/mol. The molecule has 0 aliphatic heterocycles. The van der Waals surface area contributed by atoms with Gasteiger partial charge in [-0.15, -0.1) is 0 Å². The Morgan fingerprint density at radius 3 is 3.08 bits per heavy atom. The number of aromatic nitrogens is 2. The third kappa shape index (κ3) is 0.580. The second-order valence-electron chi connectivity index (χ2n) is 2.75. The topological polar surface area (TPSA) is 41.8 Å². The summed E-state index contributed by atoms with van der Waals surface area (Å²) >= 11 is 0. The second-order valence-corrected chi connectivity index (χ2v) is 2.75. The molecule has 2 aromatic heterocycles. The van der Waals surface area contributed by atoms with E-state index in [-0.39, 0.29) is 0 Å². The summed E-state index contributed by atoms with van der Waals surface area (Å²) in [6.45, 7) is 0. The molecule has 3 rings (SSSR count). The quantitative estimate of drug-likeness (QED) is 0.545. The van der Waals surface area contributed by atoms with Crippen LogP contribution in [0.15, 0.2) is 35.1 Å². The van der Waals surface area contributed by atoms with Gasteiger partial charge in [-0.3, -0.25) is 0 Å². The van der Waals surface area contributed by atoms with Gasteiger partial charge in [-0.25, -0.2) is 0 Å². The minimum atomic E-state index is 0.831. The number of nitrogens with one attached hydrogen (secondary N) is 1. The summed E-state index contributed by atoms with van der Waals surface area (Å²) in [7, 11) is 0. The molecule has 3 nitrogen and oxygen atoms in total. The molecule has 0 bridgehead atoms. The largest absolute Gasteiger partial charge is 0.358 e. The summed E-state index contributed by atoms with van der Waals surface area (Å²) in [6.07, 6.45) is 3.61. The summed E-state index contributed by atoms with van der Waals surface area (Å²) in [5.74, 6) is 0. The molecule has 0 unspecified atom stereocenters. The number of fused-ring (bicyclic) bond motifs is 3. The Bertz CT molecular complexity index is 486. The molecule has 0 atom stereocenters. The van der Waals surface area contributed by atoms with Crippen LogP contribution in [0.3, 0.4) is 0 Å². The normalized spacial score (nSPS) is 11.3. The highest BCUT2D eigenvalue weighted by molar-refractivity contribution is 6.01. The van der Waals surface area contributed by atoms with Crippen LogP contribution in [0.2, 0.25) is 0 Å². The average molecular weight is 158 g/mol. The number of nitrogens with zero attached hydrogens (tertiary/aromatic N) is 1. The molecule has 1 N–H and O–H groups in total. The zero-order valence-electron chi connectivity index (χ0n) is 6.24. The number of H-pyrrole nitrogens is 1. The molecule has 0 spiro atoms. The molecule has 3 heteroatoms. The van der Waals surface area contributed by atoms with Gasteiger partial charge in [0.2, 0.25) is 0 Å². The fourth-order valence-corrected chi connectivity index (χ4v) is 1.45. The Morgan fingerprint density at radius 1 is 1.17 bits per heavy atom. The maximum absolute atomic E-state index is 5.11. The van der Waals surface area contributed by atoms with E-state index in [9.17, 15) is 0 Å². The van der Waals surface area contributed by atoms with E-state index in [0.717, 1.165) is 21.9 Å². The first kappa shape index (κ1) is 5.83. The molecule has 0 saturated heterocycles. The van der Waals surface area contributed by atoms with Crippen molar-refractivity contribution in [2.24, 2.45) is 0 Å². The van der Waals surface area contributed by atoms with Gasteiger partial charge >= 0.3 is 0 Å². The smallest absolute Gasteiger partial charge is 0.190 e. The number of hydrogen-bond donors (Lipinski definition) is 1. The fraction of sp³-hybridized carbons (Fsp3) is 0. The van der Waals surface area contributed by atoms with Gasteiger partial charge in [0.05, 0.1) is 11.7 Å². The highest BCUT2D eigenvalue weighted by Crippen LogP contribution is 2.23. The van der Waals surface area contributed by atoms with Crippen LogP contribution in [-0.4, -0.2) is 10.1 Å². The Hall–Kier alpha value is -1.77. The zero-order chi connectivity index (χ0) is 7.97. The molecule has 0 radical (unpaired) electrons. The molecule has 0 aliphatic rings. The van der Waals surface area contributed by atoms with Crippen LogP contribution in [0.5, 0.6) is 0 Å². The van der Waals surface area contributed by atoms with Crippen LogP contribution in [0, 0.1) is 0 Å². The average Bonchev–Trinajstić information content (AvgIpc) is 2.71. The van der Waals surface area contributed by atoms with Crippen LogP contribution >= 0.6 is 0 Å². The summed E-state index contributed by atoms with van der Waals surface area (Å²) in [6, 6.07) is 6.06. The van der Waals surface area contributed by atoms with E-state index in [1.165, 1.54) is 0 Å². The van der Waals surface area contributed by atoms with Crippen molar-refractivity contribution in [1.82, 2.24) is 10.1 Å². The SMILES string of the molecule is c1cc2ccc3cnoc3c2[nH]1. The van der Waals surface area contributed by atoms with E-state index in [1.807, 2.05) is 24.4 Å². The van der Waals surface area contributed by atoms with Crippen molar-refractivity contribution in [1.29, 1.82) is 0 Å². The fourth-order valence-electron chi connectivity index (χ4n) is 1.45. The van der Waals surface area contributed by atoms with E-state index < -0.39 is 0 Å². The second kappa shape index (κ2) is 1.88. The van der Waals surface area contributed by atoms with E-state index in [2.05, 4.69) is 10.1 Å². The lowest BCUT2D eigenvalue weighted by atomic mass is 10.2. The molecular formula is C9H6N2O. The van der Waals surface area contributed by atoms with E-state index >= 15 is 0 Å². The first-order valence-corrected chi connectivity index (χ1v) is 3.75. The van der Waals surface area contributed by atoms with Crippen LogP contribution in [0.4, 0.5) is 0 Å². The first-order chi connectivity index (χ1) is 5.95. The lowest BCUT2D eigenvalue weighted by Gasteiger charge is -1.88. The molecule has 12 heavy (non-hydrogen) atoms. The van der Waals surface area contributed by atoms with Crippen molar-refractivity contribution in [3.8, 4) is 0 Å². The Morgan fingerprint density at radius 2 is 2.08 bits per heavy atom. The van der Waals surface area contributed by atoms with Gasteiger partial charge in [0.15, 0.2) is 5.58 Å². The Labute approximate surface area is 68.0 Å². The van der Waals surface area contributed by atoms with Crippen molar-refractivity contribution in [2.45, 2.75) is 0 Å². The van der Waals surface area contributed by atoms with Gasteiger partial charge in [-0.1, -0.05) is 11.2 Å². The van der Waals surface area contributed by atoms with Gasteiger partial charge in [0.1, 0.15) is 0 Å². The molecule has 0 saturated carbocycles. The maximum atomic E-state index is 5.11. The molecule has 0 amide bonds. The Balaban J connectivity index is 2.71. The van der Waals surface area contributed by atoms with Gasteiger partial charge in [0, 0.05) is 17.0 Å². The van der Waals surface area contributed by atoms with Crippen molar-refractivity contribution in [2.75, 3.05) is 0 Å². The predicted octanol–water partition coefficient (Wildman–Crippen LogP) is 2.31. The standard InChI is InChI=1S/C9H6N2O/c1-2-7-5-11-12-9(7)8-6(1)3-4-10-8/h1-5,10H. The van der Waals surface area contributed by atoms with Gasteiger partial charge in [-0.2, -0.15) is 0 Å². The summed E-state index contributed by atoms with van der Waals surface area (Å²) in [5, 5.41) is 5.92. The molecular weight excluding hydrogens is 152 g/mol. The van der Waals surface area contributed by atoms with Crippen molar-refractivity contribution in [3.63, 3.8) is 0 Å². The summed E-state index contributed by atoms with van der Waals surface area (Å²) in [4.78, 5) is 3.11. The van der Waals surface area contributed by atoms with E-state index in [0.29, 0.717) is 0 Å². The van der Waals surface area contributed by atoms with E-state index in [4.69, 9.17) is 4.52 Å². The van der Waals surface area contributed by atoms with Crippen LogP contribution < -0.4 is 0 Å². The lowest BCUT2D eigenvalue weighted by molar-refractivity contribution is 0.458. The Kier molecular flexibility index (Phi) is 0.913. The van der Waals surface area contributed by atoms with Crippen LogP contribution in [0.25, 0.3) is 21.9 Å². The number of rotatable bonds is 0. The lowest BCUT2D eigenvalue weighted by Crippen LogP contribution is -1.67. The van der Waals surface area contributed by atoms with Gasteiger partial charge in [0.25, 0.3) is 0 Å². The van der Waals surface area contributed by atoms with Gasteiger partial charge < -0.3 is 9.51 Å². The van der Waals surface area contributed by atoms with Crippen molar-refractivity contribution >= 4 is 21.9 Å². The third-order valence-corrected chi connectivity index (χ3v) is 2.05. The highest BCUT2D eigenvalue weighted by atomic mass is 16.5. The van der Waals surface area contributed by atoms with Crippen LogP contribution in [-0.2, 0) is 0 Å². The molecule has 0 aliphatic carbocycles. The predicted molar refractivity (Wildman–Crippen MR) is 45.9 cm³/mol. The molecule has 0 fully saturated rings. The highest BCUT2D eigenvalue weighted by Gasteiger charge is 2.03. The molecule has 1 aromatic carbocycles. The number of hydrogen-bond acceptors (Lipinski definition) is 2. The molecule has 58 valence electrons. The summed E-state index contributed by atoms with van der Waals surface area (Å²) < 4.78 is 5.11. The van der Waals surface area contributed by atoms with Crippen molar-refractivity contribution < 1.29 is 4.52 Å². The van der Waals surface area contributed by atoms with E-state index in [1.54, 1.807) is 6.20 Å². The number of benzene rings is 1.